The maximum Gasteiger partial charge on any atom is 1.00 e. The summed E-state index contributed by atoms with van der Waals surface area (Å²) in [6.45, 7) is 0. The third-order valence-electron chi connectivity index (χ3n) is 0.167. The van der Waals surface area contributed by atoms with Crippen molar-refractivity contribution >= 4 is 11.9 Å². The Labute approximate surface area is 142 Å². The molecule has 0 rings (SSSR count). The molecule has 0 saturated heterocycles. The number of aliphatic carboxylic acids is 2. The zero-order chi connectivity index (χ0) is 5.15. The van der Waals surface area contributed by atoms with E-state index in [9.17, 15) is 0 Å². The van der Waals surface area contributed by atoms with Gasteiger partial charge < -0.3 is 30.8 Å². The van der Waals surface area contributed by atoms with Crippen molar-refractivity contribution in [1.82, 2.24) is 0 Å². The van der Waals surface area contributed by atoms with Gasteiger partial charge in [-0.15, -0.1) is 0 Å². The molecule has 0 aliphatic carbocycles. The summed E-state index contributed by atoms with van der Waals surface area (Å²) in [5.41, 5.74) is 0. The van der Waals surface area contributed by atoms with Crippen molar-refractivity contribution in [3.8, 4) is 0 Å². The van der Waals surface area contributed by atoms with Gasteiger partial charge in [0.25, 0.3) is 0 Å². The molecule has 6 nitrogen and oxygen atoms in total. The molecular formula is C2H4K2O6. The van der Waals surface area contributed by atoms with Gasteiger partial charge in [-0.25, -0.2) is 0 Å². The molecule has 0 spiro atoms. The van der Waals surface area contributed by atoms with Crippen LogP contribution < -0.4 is 113 Å². The molecule has 50 valence electrons. The number of hydrogen-bond acceptors (Lipinski definition) is 4. The average Bonchev–Trinajstić information content (AvgIpc) is 1.36. The fourth-order valence-electron chi connectivity index (χ4n) is 0. The van der Waals surface area contributed by atoms with E-state index in [4.69, 9.17) is 19.8 Å². The largest absolute Gasteiger partial charge is 1.00 e. The van der Waals surface area contributed by atoms with Crippen LogP contribution in [0, 0.1) is 0 Å². The molecular weight excluding hydrogens is 198 g/mol. The van der Waals surface area contributed by atoms with Crippen LogP contribution in [-0.4, -0.2) is 22.9 Å². The summed E-state index contributed by atoms with van der Waals surface area (Å²) >= 11 is 0. The van der Waals surface area contributed by atoms with E-state index in [1.54, 1.807) is 0 Å². The van der Waals surface area contributed by atoms with E-state index in [0.717, 1.165) is 0 Å². The number of carbonyl (C=O) groups excluding carboxylic acids is 2. The van der Waals surface area contributed by atoms with Gasteiger partial charge in [-0.2, -0.15) is 0 Å². The Morgan fingerprint density at radius 3 is 0.900 bits per heavy atom. The van der Waals surface area contributed by atoms with Crippen LogP contribution >= 0.6 is 0 Å². The van der Waals surface area contributed by atoms with Crippen LogP contribution in [0.2, 0.25) is 0 Å². The first-order valence-electron chi connectivity index (χ1n) is 1.07. The van der Waals surface area contributed by atoms with E-state index in [-0.39, 0.29) is 114 Å². The van der Waals surface area contributed by atoms with Gasteiger partial charge in [-0.05, 0) is 0 Å². The van der Waals surface area contributed by atoms with E-state index in [1.807, 2.05) is 0 Å². The zero-order valence-corrected chi connectivity index (χ0v) is 11.9. The minimum atomic E-state index is -2.19. The predicted octanol–water partition coefficient (Wildman–Crippen LogP) is -11.2. The molecule has 0 heterocycles. The van der Waals surface area contributed by atoms with Gasteiger partial charge in [0.1, 0.15) is 0 Å². The zero-order valence-electron chi connectivity index (χ0n) is 5.63. The van der Waals surface area contributed by atoms with Crippen LogP contribution in [0.5, 0.6) is 0 Å². The van der Waals surface area contributed by atoms with E-state index in [0.29, 0.717) is 0 Å². The Bertz CT molecular complexity index is 79.7. The Morgan fingerprint density at radius 1 is 0.800 bits per heavy atom. The average molecular weight is 202 g/mol. The molecule has 0 aliphatic rings. The van der Waals surface area contributed by atoms with Crippen LogP contribution in [0.3, 0.4) is 0 Å². The quantitative estimate of drug-likeness (QED) is 0.283. The monoisotopic (exact) mass is 202 g/mol. The van der Waals surface area contributed by atoms with Crippen molar-refractivity contribution in [1.29, 1.82) is 0 Å². The Hall–Kier alpha value is 2.13. The van der Waals surface area contributed by atoms with Crippen LogP contribution in [0.1, 0.15) is 0 Å². The van der Waals surface area contributed by atoms with Crippen molar-refractivity contribution in [3.05, 3.63) is 0 Å². The standard InChI is InChI=1S/C2H2O4.2K.2H2O/c3-1(4)2(5)6;;;;/h(H,3,4)(H,5,6);;;2*1H2/q;2*+1;;/p-2. The molecule has 0 aromatic heterocycles. The first kappa shape index (κ1) is 29.6. The van der Waals surface area contributed by atoms with Crippen molar-refractivity contribution in [3.63, 3.8) is 0 Å². The van der Waals surface area contributed by atoms with Gasteiger partial charge in [0.15, 0.2) is 0 Å². The van der Waals surface area contributed by atoms with E-state index < -0.39 is 11.9 Å². The fourth-order valence-corrected chi connectivity index (χ4v) is 0. The summed E-state index contributed by atoms with van der Waals surface area (Å²) in [7, 11) is 0. The third-order valence-corrected chi connectivity index (χ3v) is 0.167. The van der Waals surface area contributed by atoms with Gasteiger partial charge >= 0.3 is 103 Å². The van der Waals surface area contributed by atoms with Gasteiger partial charge in [-0.1, -0.05) is 0 Å². The second-order valence-corrected chi connectivity index (χ2v) is 0.575. The summed E-state index contributed by atoms with van der Waals surface area (Å²) in [5, 5.41) is 17.9. The Morgan fingerprint density at radius 2 is 0.900 bits per heavy atom. The Balaban J connectivity index is -0.0000000208. The van der Waals surface area contributed by atoms with Gasteiger partial charge in [0, 0.05) is 0 Å². The molecule has 0 amide bonds. The normalized spacial score (nSPS) is 4.40. The summed E-state index contributed by atoms with van der Waals surface area (Å²) in [4.78, 5) is 17.9. The van der Waals surface area contributed by atoms with Crippen molar-refractivity contribution in [2.75, 3.05) is 0 Å². The SMILES string of the molecule is O.O.O=C([O-])C(=O)[O-].[K+].[K+]. The summed E-state index contributed by atoms with van der Waals surface area (Å²) < 4.78 is 0. The molecule has 10 heavy (non-hydrogen) atoms. The van der Waals surface area contributed by atoms with Crippen LogP contribution in [0.25, 0.3) is 0 Å². The first-order valence-corrected chi connectivity index (χ1v) is 1.07. The Kier molecular flexibility index (Phi) is 51.1. The van der Waals surface area contributed by atoms with Gasteiger partial charge in [0.05, 0.1) is 11.9 Å². The molecule has 0 unspecified atom stereocenters. The van der Waals surface area contributed by atoms with Crippen molar-refractivity contribution < 1.29 is 134 Å². The molecule has 0 radical (unpaired) electrons. The molecule has 0 aliphatic heterocycles. The fraction of sp³-hybridized carbons (Fsp3) is 0. The van der Waals surface area contributed by atoms with Crippen molar-refractivity contribution in [2.45, 2.75) is 0 Å². The van der Waals surface area contributed by atoms with E-state index in [1.165, 1.54) is 0 Å². The minimum absolute atomic E-state index is 0. The topological polar surface area (TPSA) is 143 Å². The van der Waals surface area contributed by atoms with Crippen LogP contribution in [-0.2, 0) is 9.59 Å². The summed E-state index contributed by atoms with van der Waals surface area (Å²) in [5.74, 6) is -4.37. The molecule has 4 N–H and O–H groups in total. The molecule has 0 atom stereocenters. The van der Waals surface area contributed by atoms with Gasteiger partial charge in [-0.3, -0.25) is 0 Å². The molecule has 0 aromatic rings. The molecule has 8 heteroatoms. The number of rotatable bonds is 0. The third kappa shape index (κ3) is 22.5. The molecule has 0 bridgehead atoms. The number of carbonyl (C=O) groups is 2. The van der Waals surface area contributed by atoms with Crippen molar-refractivity contribution in [2.24, 2.45) is 0 Å². The number of hydrogen-bond donors (Lipinski definition) is 0. The second kappa shape index (κ2) is 17.3. The molecule has 0 fully saturated rings. The first-order chi connectivity index (χ1) is 2.64. The van der Waals surface area contributed by atoms with Gasteiger partial charge in [0.2, 0.25) is 0 Å². The number of carboxylic acids is 2. The summed E-state index contributed by atoms with van der Waals surface area (Å²) in [6.07, 6.45) is 0. The van der Waals surface area contributed by atoms with E-state index >= 15 is 0 Å². The number of carboxylic acid groups (broad SMARTS) is 2. The maximum atomic E-state index is 8.93. The smallest absolute Gasteiger partial charge is 0.543 e. The summed E-state index contributed by atoms with van der Waals surface area (Å²) in [6, 6.07) is 0. The minimum Gasteiger partial charge on any atom is -0.543 e. The second-order valence-electron chi connectivity index (χ2n) is 0.575. The van der Waals surface area contributed by atoms with Crippen LogP contribution in [0.15, 0.2) is 0 Å². The molecule has 0 saturated carbocycles. The van der Waals surface area contributed by atoms with E-state index in [2.05, 4.69) is 0 Å². The van der Waals surface area contributed by atoms with Crippen LogP contribution in [0.4, 0.5) is 0 Å². The molecule has 0 aromatic carbocycles. The predicted molar refractivity (Wildman–Crippen MR) is 17.2 cm³/mol. The maximum absolute atomic E-state index is 8.93.